The van der Waals surface area contributed by atoms with Crippen LogP contribution in [0.3, 0.4) is 0 Å². The molecule has 0 unspecified atom stereocenters. The van der Waals surface area contributed by atoms with E-state index in [4.69, 9.17) is 4.74 Å². The van der Waals surface area contributed by atoms with Crippen molar-refractivity contribution in [2.24, 2.45) is 0 Å². The molecule has 0 amide bonds. The van der Waals surface area contributed by atoms with Gasteiger partial charge in [0.1, 0.15) is 0 Å². The second kappa shape index (κ2) is 7.26. The number of hydrogen-bond acceptors (Lipinski definition) is 6. The van der Waals surface area contributed by atoms with Gasteiger partial charge in [-0.05, 0) is 23.8 Å². The maximum atomic E-state index is 12.4. The summed E-state index contributed by atoms with van der Waals surface area (Å²) in [6, 6.07) is 13.0. The molecule has 0 aliphatic carbocycles. The number of nitrogens with zero attached hydrogens (tertiary/aromatic N) is 2. The molecule has 0 saturated heterocycles. The summed E-state index contributed by atoms with van der Waals surface area (Å²) in [5.41, 5.74) is 2.67. The zero-order valence-corrected chi connectivity index (χ0v) is 15.8. The monoisotopic (exact) mass is 380 g/mol. The number of esters is 1. The molecule has 2 aromatic carbocycles. The van der Waals surface area contributed by atoms with Gasteiger partial charge < -0.3 is 9.64 Å². The second-order valence-corrected chi connectivity index (χ2v) is 7.08. The first-order chi connectivity index (χ1) is 13.2. The summed E-state index contributed by atoms with van der Waals surface area (Å²) in [5, 5.41) is 10.7. The average Bonchev–Trinajstić information content (AvgIpc) is 2.87. The molecule has 3 rings (SSSR count). The third-order valence-corrected chi connectivity index (χ3v) is 4.90. The Bertz CT molecular complexity index is 977. The first-order valence-corrected chi connectivity index (χ1v) is 8.71. The van der Waals surface area contributed by atoms with Gasteiger partial charge >= 0.3 is 5.97 Å². The van der Waals surface area contributed by atoms with Crippen LogP contribution < -0.4 is 4.90 Å². The van der Waals surface area contributed by atoms with E-state index in [0.717, 1.165) is 16.9 Å². The molecule has 28 heavy (non-hydrogen) atoms. The van der Waals surface area contributed by atoms with Crippen molar-refractivity contribution in [2.45, 2.75) is 19.3 Å². The Balaban J connectivity index is 1.69. The van der Waals surface area contributed by atoms with Crippen LogP contribution in [0, 0.1) is 10.1 Å². The van der Waals surface area contributed by atoms with Crippen LogP contribution in [0.25, 0.3) is 0 Å². The Morgan fingerprint density at radius 1 is 1.14 bits per heavy atom. The number of allylic oxidation sites excluding steroid dienone is 1. The van der Waals surface area contributed by atoms with E-state index in [-0.39, 0.29) is 22.4 Å². The number of carbonyl (C=O) groups is 2. The zero-order valence-electron chi connectivity index (χ0n) is 15.8. The molecule has 7 heteroatoms. The van der Waals surface area contributed by atoms with E-state index in [1.54, 1.807) is 0 Å². The quantitative estimate of drug-likeness (QED) is 0.341. The van der Waals surface area contributed by atoms with Gasteiger partial charge in [-0.1, -0.05) is 32.0 Å². The van der Waals surface area contributed by atoms with Gasteiger partial charge in [0.15, 0.2) is 12.4 Å². The van der Waals surface area contributed by atoms with E-state index in [1.807, 2.05) is 50.1 Å². The van der Waals surface area contributed by atoms with Gasteiger partial charge in [0.05, 0.1) is 10.5 Å². The van der Waals surface area contributed by atoms with Crippen molar-refractivity contribution in [2.75, 3.05) is 18.6 Å². The van der Waals surface area contributed by atoms with E-state index >= 15 is 0 Å². The molecule has 0 N–H and O–H groups in total. The normalized spacial score (nSPS) is 16.0. The van der Waals surface area contributed by atoms with E-state index < -0.39 is 17.5 Å². The Morgan fingerprint density at radius 3 is 2.39 bits per heavy atom. The van der Waals surface area contributed by atoms with Gasteiger partial charge in [-0.3, -0.25) is 14.9 Å². The highest BCUT2D eigenvalue weighted by Crippen LogP contribution is 2.46. The van der Waals surface area contributed by atoms with Crippen LogP contribution in [0.15, 0.2) is 60.3 Å². The van der Waals surface area contributed by atoms with Crippen molar-refractivity contribution in [1.29, 1.82) is 0 Å². The minimum absolute atomic E-state index is 0.122. The number of fused-ring (bicyclic) bond motifs is 1. The summed E-state index contributed by atoms with van der Waals surface area (Å²) in [7, 11) is 1.90. The molecule has 1 aliphatic rings. The van der Waals surface area contributed by atoms with Crippen LogP contribution in [-0.2, 0) is 14.9 Å². The van der Waals surface area contributed by atoms with Crippen molar-refractivity contribution in [1.82, 2.24) is 0 Å². The van der Waals surface area contributed by atoms with Crippen molar-refractivity contribution < 1.29 is 19.2 Å². The minimum Gasteiger partial charge on any atom is -0.454 e. The number of carbonyl (C=O) groups excluding carboxylic acids is 2. The van der Waals surface area contributed by atoms with Crippen LogP contribution in [0.4, 0.5) is 11.4 Å². The van der Waals surface area contributed by atoms with Gasteiger partial charge in [-0.15, -0.1) is 0 Å². The lowest BCUT2D eigenvalue weighted by Gasteiger charge is -2.23. The van der Waals surface area contributed by atoms with E-state index in [1.165, 1.54) is 30.3 Å². The Kier molecular flexibility index (Phi) is 5.00. The number of nitro benzene ring substituents is 1. The molecule has 144 valence electrons. The number of nitro groups is 1. The van der Waals surface area contributed by atoms with Crippen molar-refractivity contribution >= 4 is 23.1 Å². The summed E-state index contributed by atoms with van der Waals surface area (Å²) in [4.78, 5) is 36.5. The molecular formula is C21H20N2O5. The Hall–Kier alpha value is -3.48. The number of para-hydroxylation sites is 1. The predicted molar refractivity (Wildman–Crippen MR) is 104 cm³/mol. The highest BCUT2D eigenvalue weighted by molar-refractivity contribution is 5.96. The van der Waals surface area contributed by atoms with Gasteiger partial charge in [0.25, 0.3) is 5.69 Å². The number of non-ortho nitro benzene ring substituents is 1. The molecule has 7 nitrogen and oxygen atoms in total. The summed E-state index contributed by atoms with van der Waals surface area (Å²) >= 11 is 0. The number of likely N-dealkylation sites (N-methyl/N-ethyl adjacent to an activating group) is 1. The molecule has 0 saturated carbocycles. The topological polar surface area (TPSA) is 89.8 Å². The first kappa shape index (κ1) is 19.3. The van der Waals surface area contributed by atoms with E-state index in [9.17, 15) is 19.7 Å². The highest BCUT2D eigenvalue weighted by Gasteiger charge is 2.38. The lowest BCUT2D eigenvalue weighted by molar-refractivity contribution is -0.384. The SMILES string of the molecule is CN1C(=CC(=O)COC(=O)c2ccc([N+](=O)[O-])cc2)C(C)(C)c2ccccc21. The maximum Gasteiger partial charge on any atom is 0.338 e. The first-order valence-electron chi connectivity index (χ1n) is 8.71. The third kappa shape index (κ3) is 3.51. The Morgan fingerprint density at radius 2 is 1.79 bits per heavy atom. The second-order valence-electron chi connectivity index (χ2n) is 7.08. The van der Waals surface area contributed by atoms with Crippen LogP contribution >= 0.6 is 0 Å². The maximum absolute atomic E-state index is 12.4. The van der Waals surface area contributed by atoms with Crippen LogP contribution in [0.1, 0.15) is 29.8 Å². The lowest BCUT2D eigenvalue weighted by Crippen LogP contribution is -2.25. The van der Waals surface area contributed by atoms with Gasteiger partial charge in [0, 0.05) is 42.1 Å². The molecule has 2 aromatic rings. The van der Waals surface area contributed by atoms with Gasteiger partial charge in [-0.2, -0.15) is 0 Å². The number of hydrogen-bond donors (Lipinski definition) is 0. The van der Waals surface area contributed by atoms with Gasteiger partial charge in [0.2, 0.25) is 0 Å². The number of anilines is 1. The smallest absolute Gasteiger partial charge is 0.338 e. The van der Waals surface area contributed by atoms with Crippen molar-refractivity contribution in [3.8, 4) is 0 Å². The molecule has 1 aliphatic heterocycles. The number of ketones is 1. The van der Waals surface area contributed by atoms with Gasteiger partial charge in [-0.25, -0.2) is 4.79 Å². The Labute approximate surface area is 162 Å². The summed E-state index contributed by atoms with van der Waals surface area (Å²) in [6.45, 7) is 3.67. The fourth-order valence-corrected chi connectivity index (χ4v) is 3.39. The average molecular weight is 380 g/mol. The fraction of sp³-hybridized carbons (Fsp3) is 0.238. The molecule has 0 radical (unpaired) electrons. The number of benzene rings is 2. The number of rotatable bonds is 5. The molecule has 0 bridgehead atoms. The predicted octanol–water partition coefficient (Wildman–Crippen LogP) is 3.63. The summed E-state index contributed by atoms with van der Waals surface area (Å²) < 4.78 is 5.06. The summed E-state index contributed by atoms with van der Waals surface area (Å²) in [6.07, 6.45) is 1.50. The molecule has 0 fully saturated rings. The molecular weight excluding hydrogens is 360 g/mol. The van der Waals surface area contributed by atoms with Crippen LogP contribution in [-0.4, -0.2) is 30.3 Å². The molecule has 0 aromatic heterocycles. The van der Waals surface area contributed by atoms with E-state index in [0.29, 0.717) is 0 Å². The number of ether oxygens (including phenoxy) is 1. The third-order valence-electron chi connectivity index (χ3n) is 4.90. The molecule has 1 heterocycles. The van der Waals surface area contributed by atoms with Crippen LogP contribution in [0.2, 0.25) is 0 Å². The van der Waals surface area contributed by atoms with Crippen molar-refractivity contribution in [3.63, 3.8) is 0 Å². The highest BCUT2D eigenvalue weighted by atomic mass is 16.6. The van der Waals surface area contributed by atoms with Crippen LogP contribution in [0.5, 0.6) is 0 Å². The fourth-order valence-electron chi connectivity index (χ4n) is 3.39. The van der Waals surface area contributed by atoms with Crippen molar-refractivity contribution in [3.05, 3.63) is 81.5 Å². The molecule has 0 spiro atoms. The zero-order chi connectivity index (χ0) is 20.5. The lowest BCUT2D eigenvalue weighted by atomic mass is 9.83. The largest absolute Gasteiger partial charge is 0.454 e. The minimum atomic E-state index is -0.705. The van der Waals surface area contributed by atoms with E-state index in [2.05, 4.69) is 0 Å². The standard InChI is InChI=1S/C21H20N2O5/c1-21(2)17-6-4-5-7-18(17)22(3)19(21)12-16(24)13-28-20(25)14-8-10-15(11-9-14)23(26)27/h4-12H,13H2,1-3H3. The summed E-state index contributed by atoms with van der Waals surface area (Å²) in [5.74, 6) is -1.04. The molecule has 0 atom stereocenters.